The van der Waals surface area contributed by atoms with E-state index in [2.05, 4.69) is 0 Å². The quantitative estimate of drug-likeness (QED) is 0.853. The normalized spacial score (nSPS) is 10.4. The minimum Gasteiger partial charge on any atom is -0.399 e. The third kappa shape index (κ3) is 2.96. The highest BCUT2D eigenvalue weighted by atomic mass is 19.1. The van der Waals surface area contributed by atoms with Crippen molar-refractivity contribution < 1.29 is 9.18 Å². The number of carbonyl (C=O) groups is 1. The zero-order chi connectivity index (χ0) is 14.9. The Morgan fingerprint density at radius 3 is 2.20 bits per heavy atom. The molecule has 3 nitrogen and oxygen atoms in total. The highest BCUT2D eigenvalue weighted by Gasteiger charge is 2.15. The van der Waals surface area contributed by atoms with E-state index in [1.54, 1.807) is 7.05 Å². The summed E-state index contributed by atoms with van der Waals surface area (Å²) in [6.45, 7) is 3.93. The third-order valence-electron chi connectivity index (χ3n) is 3.07. The molecule has 2 aromatic carbocycles. The summed E-state index contributed by atoms with van der Waals surface area (Å²) in [6.07, 6.45) is 0. The zero-order valence-electron chi connectivity index (χ0n) is 11.8. The van der Waals surface area contributed by atoms with Gasteiger partial charge in [0, 0.05) is 24.0 Å². The monoisotopic (exact) mass is 272 g/mol. The number of nitrogens with zero attached hydrogens (tertiary/aromatic N) is 1. The Balaban J connectivity index is 2.36. The van der Waals surface area contributed by atoms with Crippen LogP contribution in [0.5, 0.6) is 0 Å². The summed E-state index contributed by atoms with van der Waals surface area (Å²) in [5.74, 6) is -0.802. The van der Waals surface area contributed by atoms with Gasteiger partial charge in [0.15, 0.2) is 0 Å². The minimum atomic E-state index is -0.512. The molecule has 4 heteroatoms. The summed E-state index contributed by atoms with van der Waals surface area (Å²) in [4.78, 5) is 13.9. The van der Waals surface area contributed by atoms with Crippen LogP contribution >= 0.6 is 0 Å². The largest absolute Gasteiger partial charge is 0.399 e. The van der Waals surface area contributed by atoms with Crippen LogP contribution in [0.4, 0.5) is 15.8 Å². The van der Waals surface area contributed by atoms with Gasteiger partial charge in [-0.15, -0.1) is 0 Å². The number of hydrogen-bond donors (Lipinski definition) is 1. The average molecular weight is 272 g/mol. The number of rotatable bonds is 2. The summed E-state index contributed by atoms with van der Waals surface area (Å²) < 4.78 is 13.3. The lowest BCUT2D eigenvalue weighted by atomic mass is 10.1. The van der Waals surface area contributed by atoms with Crippen molar-refractivity contribution in [3.63, 3.8) is 0 Å². The molecule has 0 unspecified atom stereocenters. The fourth-order valence-corrected chi connectivity index (χ4v) is 2.19. The molecule has 0 aliphatic carbocycles. The summed E-state index contributed by atoms with van der Waals surface area (Å²) in [5.41, 5.74) is 8.96. The molecule has 0 saturated carbocycles. The first kappa shape index (κ1) is 14.1. The summed E-state index contributed by atoms with van der Waals surface area (Å²) in [5, 5.41) is 0. The van der Waals surface area contributed by atoms with Crippen molar-refractivity contribution in [1.82, 2.24) is 0 Å². The molecule has 0 saturated heterocycles. The number of halogens is 1. The van der Waals surface area contributed by atoms with E-state index >= 15 is 0 Å². The molecule has 2 rings (SSSR count). The topological polar surface area (TPSA) is 46.3 Å². The van der Waals surface area contributed by atoms with Crippen LogP contribution in [-0.2, 0) is 0 Å². The molecule has 0 aliphatic heterocycles. The summed E-state index contributed by atoms with van der Waals surface area (Å²) in [6, 6.07) is 9.71. The van der Waals surface area contributed by atoms with Gasteiger partial charge in [0.05, 0.1) is 0 Å². The lowest BCUT2D eigenvalue weighted by molar-refractivity contribution is 0.0992. The Bertz CT molecular complexity index is 627. The highest BCUT2D eigenvalue weighted by molar-refractivity contribution is 6.06. The smallest absolute Gasteiger partial charge is 0.258 e. The van der Waals surface area contributed by atoms with Gasteiger partial charge >= 0.3 is 0 Å². The number of amides is 1. The third-order valence-corrected chi connectivity index (χ3v) is 3.07. The molecular weight excluding hydrogens is 255 g/mol. The Morgan fingerprint density at radius 2 is 1.65 bits per heavy atom. The molecule has 0 atom stereocenters. The van der Waals surface area contributed by atoms with Gasteiger partial charge in [-0.25, -0.2) is 4.39 Å². The molecular formula is C16H17FN2O. The lowest BCUT2D eigenvalue weighted by Crippen LogP contribution is -2.26. The first-order valence-corrected chi connectivity index (χ1v) is 6.29. The summed E-state index contributed by atoms with van der Waals surface area (Å²) >= 11 is 0. The summed E-state index contributed by atoms with van der Waals surface area (Å²) in [7, 11) is 1.66. The molecule has 2 aromatic rings. The van der Waals surface area contributed by atoms with Crippen molar-refractivity contribution >= 4 is 17.3 Å². The number of aryl methyl sites for hydroxylation is 2. The van der Waals surface area contributed by atoms with E-state index in [-0.39, 0.29) is 17.2 Å². The number of nitrogens with two attached hydrogens (primary N) is 1. The molecule has 2 N–H and O–H groups in total. The van der Waals surface area contributed by atoms with Gasteiger partial charge in [-0.05, 0) is 55.3 Å². The molecule has 0 aromatic heterocycles. The van der Waals surface area contributed by atoms with E-state index in [0.717, 1.165) is 16.8 Å². The Morgan fingerprint density at radius 1 is 1.05 bits per heavy atom. The van der Waals surface area contributed by atoms with Crippen LogP contribution in [0, 0.1) is 19.7 Å². The maximum atomic E-state index is 13.3. The minimum absolute atomic E-state index is 0.238. The number of nitrogen functional groups attached to an aromatic ring is 1. The van der Waals surface area contributed by atoms with Crippen LogP contribution in [-0.4, -0.2) is 13.0 Å². The van der Waals surface area contributed by atoms with Gasteiger partial charge in [0.25, 0.3) is 5.91 Å². The molecule has 20 heavy (non-hydrogen) atoms. The van der Waals surface area contributed by atoms with Gasteiger partial charge in [0.2, 0.25) is 0 Å². The first-order chi connectivity index (χ1) is 9.36. The van der Waals surface area contributed by atoms with E-state index in [4.69, 9.17) is 5.73 Å². The second-order valence-electron chi connectivity index (χ2n) is 4.98. The molecule has 104 valence electrons. The number of carbonyl (C=O) groups excluding carboxylic acids is 1. The fourth-order valence-electron chi connectivity index (χ4n) is 2.19. The van der Waals surface area contributed by atoms with Gasteiger partial charge < -0.3 is 10.6 Å². The molecule has 0 spiro atoms. The molecule has 0 heterocycles. The number of hydrogen-bond acceptors (Lipinski definition) is 2. The van der Waals surface area contributed by atoms with Crippen molar-refractivity contribution in [3.8, 4) is 0 Å². The van der Waals surface area contributed by atoms with E-state index in [1.807, 2.05) is 32.0 Å². The maximum Gasteiger partial charge on any atom is 0.258 e. The van der Waals surface area contributed by atoms with Crippen LogP contribution in [0.25, 0.3) is 0 Å². The molecule has 0 bridgehead atoms. The molecule has 0 radical (unpaired) electrons. The van der Waals surface area contributed by atoms with Crippen LogP contribution in [0.2, 0.25) is 0 Å². The van der Waals surface area contributed by atoms with Crippen LogP contribution in [0.15, 0.2) is 36.4 Å². The van der Waals surface area contributed by atoms with Gasteiger partial charge in [-0.2, -0.15) is 0 Å². The second-order valence-corrected chi connectivity index (χ2v) is 4.98. The fraction of sp³-hybridized carbons (Fsp3) is 0.188. The Labute approximate surface area is 117 Å². The predicted molar refractivity (Wildman–Crippen MR) is 79.5 cm³/mol. The number of anilines is 2. The van der Waals surface area contributed by atoms with Gasteiger partial charge in [-0.1, -0.05) is 6.07 Å². The van der Waals surface area contributed by atoms with Crippen LogP contribution in [0.3, 0.4) is 0 Å². The highest BCUT2D eigenvalue weighted by Crippen LogP contribution is 2.20. The van der Waals surface area contributed by atoms with Crippen molar-refractivity contribution in [3.05, 3.63) is 58.9 Å². The lowest BCUT2D eigenvalue weighted by Gasteiger charge is -2.19. The second kappa shape index (κ2) is 5.33. The Kier molecular flexibility index (Phi) is 3.74. The number of benzene rings is 2. The van der Waals surface area contributed by atoms with E-state index in [1.165, 1.54) is 23.1 Å². The van der Waals surface area contributed by atoms with Crippen molar-refractivity contribution in [2.45, 2.75) is 13.8 Å². The van der Waals surface area contributed by atoms with E-state index in [9.17, 15) is 9.18 Å². The molecule has 0 fully saturated rings. The average Bonchev–Trinajstić information content (AvgIpc) is 2.34. The van der Waals surface area contributed by atoms with Gasteiger partial charge in [0.1, 0.15) is 5.82 Å². The van der Waals surface area contributed by atoms with Crippen molar-refractivity contribution in [2.24, 2.45) is 0 Å². The van der Waals surface area contributed by atoms with Crippen LogP contribution < -0.4 is 10.6 Å². The van der Waals surface area contributed by atoms with Crippen molar-refractivity contribution in [2.75, 3.05) is 17.7 Å². The standard InChI is InChI=1S/C16H17FN2O/c1-10-4-11(2)6-15(5-10)19(3)16(20)12-7-13(17)9-14(18)8-12/h4-9H,18H2,1-3H3. The van der Waals surface area contributed by atoms with Crippen LogP contribution in [0.1, 0.15) is 21.5 Å². The zero-order valence-corrected chi connectivity index (χ0v) is 11.8. The van der Waals surface area contributed by atoms with Gasteiger partial charge in [-0.3, -0.25) is 4.79 Å². The van der Waals surface area contributed by atoms with E-state index < -0.39 is 5.82 Å². The van der Waals surface area contributed by atoms with Crippen molar-refractivity contribution in [1.29, 1.82) is 0 Å². The maximum absolute atomic E-state index is 13.3. The molecule has 1 amide bonds. The first-order valence-electron chi connectivity index (χ1n) is 6.29. The molecule has 0 aliphatic rings. The van der Waals surface area contributed by atoms with E-state index in [0.29, 0.717) is 0 Å². The predicted octanol–water partition coefficient (Wildman–Crippen LogP) is 3.30. The Hall–Kier alpha value is -2.36. The SMILES string of the molecule is Cc1cc(C)cc(N(C)C(=O)c2cc(N)cc(F)c2)c1.